The molecule has 1 saturated heterocycles. The minimum absolute atomic E-state index is 0.0175. The fourth-order valence-corrected chi connectivity index (χ4v) is 2.30. The molecule has 1 aliphatic heterocycles. The van der Waals surface area contributed by atoms with Crippen LogP contribution in [0.5, 0.6) is 0 Å². The number of aliphatic hydroxyl groups excluding tert-OH is 1. The largest absolute Gasteiger partial charge is 0.392 e. The van der Waals surface area contributed by atoms with E-state index in [2.05, 4.69) is 11.4 Å². The standard InChI is InChI=1S/C14H20N2O2/c1-10-3-4-13(11(2)7-10)15-14(18)9-16-6-5-12(17)8-16/h3-4,7,12,17H,5-6,8-9H2,1-2H3,(H,15,18). The van der Waals surface area contributed by atoms with E-state index in [1.54, 1.807) is 0 Å². The summed E-state index contributed by atoms with van der Waals surface area (Å²) in [4.78, 5) is 13.9. The Balaban J connectivity index is 1.91. The highest BCUT2D eigenvalue weighted by Gasteiger charge is 2.21. The van der Waals surface area contributed by atoms with Gasteiger partial charge in [-0.15, -0.1) is 0 Å². The molecule has 4 heteroatoms. The van der Waals surface area contributed by atoms with Gasteiger partial charge >= 0.3 is 0 Å². The minimum Gasteiger partial charge on any atom is -0.392 e. The maximum atomic E-state index is 11.9. The van der Waals surface area contributed by atoms with Crippen LogP contribution in [0, 0.1) is 13.8 Å². The van der Waals surface area contributed by atoms with Gasteiger partial charge in [0, 0.05) is 18.8 Å². The lowest BCUT2D eigenvalue weighted by Crippen LogP contribution is -2.32. The molecule has 0 aromatic heterocycles. The van der Waals surface area contributed by atoms with Crippen molar-refractivity contribution in [1.82, 2.24) is 4.90 Å². The van der Waals surface area contributed by atoms with E-state index in [0.717, 1.165) is 24.2 Å². The Labute approximate surface area is 108 Å². The van der Waals surface area contributed by atoms with Gasteiger partial charge in [-0.1, -0.05) is 17.7 Å². The van der Waals surface area contributed by atoms with Gasteiger partial charge in [0.25, 0.3) is 0 Å². The first-order chi connectivity index (χ1) is 8.54. The molecule has 2 rings (SSSR count). The third-order valence-corrected chi connectivity index (χ3v) is 3.27. The van der Waals surface area contributed by atoms with Crippen molar-refractivity contribution in [3.8, 4) is 0 Å². The maximum absolute atomic E-state index is 11.9. The van der Waals surface area contributed by atoms with E-state index in [-0.39, 0.29) is 12.0 Å². The number of carbonyl (C=O) groups is 1. The molecule has 0 aliphatic carbocycles. The van der Waals surface area contributed by atoms with Crippen LogP contribution in [-0.4, -0.2) is 41.7 Å². The van der Waals surface area contributed by atoms with Crippen LogP contribution in [0.1, 0.15) is 17.5 Å². The van der Waals surface area contributed by atoms with E-state index in [0.29, 0.717) is 13.1 Å². The lowest BCUT2D eigenvalue weighted by atomic mass is 10.1. The summed E-state index contributed by atoms with van der Waals surface area (Å²) in [5.74, 6) is -0.0175. The van der Waals surface area contributed by atoms with Crippen LogP contribution in [0.2, 0.25) is 0 Å². The number of rotatable bonds is 3. The maximum Gasteiger partial charge on any atom is 0.238 e. The number of nitrogens with one attached hydrogen (secondary N) is 1. The van der Waals surface area contributed by atoms with Crippen LogP contribution >= 0.6 is 0 Å². The summed E-state index contributed by atoms with van der Waals surface area (Å²) in [6, 6.07) is 5.97. The first-order valence-corrected chi connectivity index (χ1v) is 6.32. The second-order valence-corrected chi connectivity index (χ2v) is 5.04. The van der Waals surface area contributed by atoms with Crippen LogP contribution in [-0.2, 0) is 4.79 Å². The molecule has 1 amide bonds. The highest BCUT2D eigenvalue weighted by molar-refractivity contribution is 5.93. The summed E-state index contributed by atoms with van der Waals surface area (Å²) in [5.41, 5.74) is 3.13. The third kappa shape index (κ3) is 3.31. The predicted molar refractivity (Wildman–Crippen MR) is 71.6 cm³/mol. The third-order valence-electron chi connectivity index (χ3n) is 3.27. The van der Waals surface area contributed by atoms with E-state index in [1.165, 1.54) is 5.56 Å². The van der Waals surface area contributed by atoms with Crippen LogP contribution < -0.4 is 5.32 Å². The molecule has 1 aromatic carbocycles. The average molecular weight is 248 g/mol. The molecule has 0 radical (unpaired) electrons. The zero-order chi connectivity index (χ0) is 13.1. The van der Waals surface area contributed by atoms with Crippen molar-refractivity contribution in [3.63, 3.8) is 0 Å². The van der Waals surface area contributed by atoms with Crippen LogP contribution in [0.4, 0.5) is 5.69 Å². The van der Waals surface area contributed by atoms with Crippen molar-refractivity contribution in [2.45, 2.75) is 26.4 Å². The topological polar surface area (TPSA) is 52.6 Å². The van der Waals surface area contributed by atoms with Gasteiger partial charge < -0.3 is 10.4 Å². The monoisotopic (exact) mass is 248 g/mol. The molecule has 98 valence electrons. The smallest absolute Gasteiger partial charge is 0.238 e. The minimum atomic E-state index is -0.279. The van der Waals surface area contributed by atoms with Crippen molar-refractivity contribution < 1.29 is 9.90 Å². The summed E-state index contributed by atoms with van der Waals surface area (Å²) < 4.78 is 0. The molecule has 1 atom stereocenters. The zero-order valence-corrected chi connectivity index (χ0v) is 10.9. The quantitative estimate of drug-likeness (QED) is 0.848. The number of aryl methyl sites for hydroxylation is 2. The first-order valence-electron chi connectivity index (χ1n) is 6.32. The SMILES string of the molecule is Cc1ccc(NC(=O)CN2CCC(O)C2)c(C)c1. The molecule has 18 heavy (non-hydrogen) atoms. The van der Waals surface area contributed by atoms with Gasteiger partial charge in [0.2, 0.25) is 5.91 Å². The Morgan fingerprint density at radius 3 is 2.89 bits per heavy atom. The number of carbonyl (C=O) groups excluding carboxylic acids is 1. The molecule has 1 aliphatic rings. The summed E-state index contributed by atoms with van der Waals surface area (Å²) >= 11 is 0. The molecular formula is C14H20N2O2. The van der Waals surface area contributed by atoms with E-state index >= 15 is 0 Å². The van der Waals surface area contributed by atoms with E-state index in [1.807, 2.05) is 30.9 Å². The number of anilines is 1. The number of β-amino-alcohol motifs (C(OH)–C–C–N with tert-alkyl or cyclic N) is 1. The van der Waals surface area contributed by atoms with Crippen LogP contribution in [0.15, 0.2) is 18.2 Å². The number of nitrogens with zero attached hydrogens (tertiary/aromatic N) is 1. The molecule has 1 unspecified atom stereocenters. The Hall–Kier alpha value is -1.39. The van der Waals surface area contributed by atoms with Crippen LogP contribution in [0.3, 0.4) is 0 Å². The highest BCUT2D eigenvalue weighted by atomic mass is 16.3. The van der Waals surface area contributed by atoms with Crippen molar-refractivity contribution in [1.29, 1.82) is 0 Å². The highest BCUT2D eigenvalue weighted by Crippen LogP contribution is 2.16. The normalized spacial score (nSPS) is 20.1. The Morgan fingerprint density at radius 1 is 1.50 bits per heavy atom. The fourth-order valence-electron chi connectivity index (χ4n) is 2.30. The molecule has 1 fully saturated rings. The van der Waals surface area contributed by atoms with Gasteiger partial charge in [0.1, 0.15) is 0 Å². The summed E-state index contributed by atoms with van der Waals surface area (Å²) in [6.07, 6.45) is 0.482. The average Bonchev–Trinajstić information content (AvgIpc) is 2.68. The number of hydrogen-bond donors (Lipinski definition) is 2. The van der Waals surface area contributed by atoms with E-state index < -0.39 is 0 Å². The van der Waals surface area contributed by atoms with Crippen molar-refractivity contribution in [2.75, 3.05) is 25.0 Å². The predicted octanol–water partition coefficient (Wildman–Crippen LogP) is 1.31. The van der Waals surface area contributed by atoms with Gasteiger partial charge in [-0.3, -0.25) is 9.69 Å². The van der Waals surface area contributed by atoms with Crippen molar-refractivity contribution >= 4 is 11.6 Å². The fraction of sp³-hybridized carbons (Fsp3) is 0.500. The van der Waals surface area contributed by atoms with Crippen molar-refractivity contribution in [2.24, 2.45) is 0 Å². The molecule has 1 heterocycles. The van der Waals surface area contributed by atoms with E-state index in [4.69, 9.17) is 0 Å². The second-order valence-electron chi connectivity index (χ2n) is 5.04. The molecule has 0 spiro atoms. The lowest BCUT2D eigenvalue weighted by molar-refractivity contribution is -0.117. The van der Waals surface area contributed by atoms with Crippen LogP contribution in [0.25, 0.3) is 0 Å². The second kappa shape index (κ2) is 5.50. The summed E-state index contributed by atoms with van der Waals surface area (Å²) in [5, 5.41) is 12.3. The Kier molecular flexibility index (Phi) is 3.99. The zero-order valence-electron chi connectivity index (χ0n) is 10.9. The molecule has 4 nitrogen and oxygen atoms in total. The summed E-state index contributed by atoms with van der Waals surface area (Å²) in [7, 11) is 0. The Bertz CT molecular complexity index is 445. The van der Waals surface area contributed by atoms with Gasteiger partial charge in [-0.05, 0) is 31.9 Å². The number of benzene rings is 1. The number of hydrogen-bond acceptors (Lipinski definition) is 3. The number of aliphatic hydroxyl groups is 1. The summed E-state index contributed by atoms with van der Waals surface area (Å²) in [6.45, 7) is 5.76. The van der Waals surface area contributed by atoms with Crippen molar-refractivity contribution in [3.05, 3.63) is 29.3 Å². The van der Waals surface area contributed by atoms with Gasteiger partial charge in [0.05, 0.1) is 12.6 Å². The van der Waals surface area contributed by atoms with Gasteiger partial charge in [0.15, 0.2) is 0 Å². The number of likely N-dealkylation sites (tertiary alicyclic amines) is 1. The Morgan fingerprint density at radius 2 is 2.28 bits per heavy atom. The molecular weight excluding hydrogens is 228 g/mol. The van der Waals surface area contributed by atoms with E-state index in [9.17, 15) is 9.90 Å². The molecule has 2 N–H and O–H groups in total. The first kappa shape index (κ1) is 13.1. The number of amides is 1. The van der Waals surface area contributed by atoms with Gasteiger partial charge in [-0.2, -0.15) is 0 Å². The van der Waals surface area contributed by atoms with Gasteiger partial charge in [-0.25, -0.2) is 0 Å². The molecule has 1 aromatic rings. The lowest BCUT2D eigenvalue weighted by Gasteiger charge is -2.15. The molecule has 0 bridgehead atoms. The molecule has 0 saturated carbocycles.